The summed E-state index contributed by atoms with van der Waals surface area (Å²) < 4.78 is 0. The lowest BCUT2D eigenvalue weighted by molar-refractivity contribution is -0.137. The number of pyridine rings is 1. The molecule has 10 heteroatoms. The first-order chi connectivity index (χ1) is 18.9. The minimum absolute atomic E-state index is 0.0185. The summed E-state index contributed by atoms with van der Waals surface area (Å²) in [5, 5.41) is 6.30. The molecule has 2 N–H and O–H groups in total. The van der Waals surface area contributed by atoms with Gasteiger partial charge in [-0.2, -0.15) is 0 Å². The number of benzene rings is 1. The van der Waals surface area contributed by atoms with Gasteiger partial charge in [0.05, 0.1) is 18.2 Å². The molecule has 0 radical (unpaired) electrons. The van der Waals surface area contributed by atoms with Gasteiger partial charge >= 0.3 is 0 Å². The van der Waals surface area contributed by atoms with Crippen molar-refractivity contribution in [3.05, 3.63) is 59.9 Å². The van der Waals surface area contributed by atoms with Crippen LogP contribution in [0.15, 0.2) is 48.8 Å². The van der Waals surface area contributed by atoms with Crippen LogP contribution in [0, 0.1) is 5.92 Å². The normalized spacial score (nSPS) is 21.6. The number of carbonyl (C=O) groups is 4. The van der Waals surface area contributed by atoms with Crippen LogP contribution < -0.4 is 15.5 Å². The minimum Gasteiger partial charge on any atom is -0.369 e. The summed E-state index contributed by atoms with van der Waals surface area (Å²) >= 11 is 0. The zero-order chi connectivity index (χ0) is 27.4. The number of piperazine rings is 1. The first kappa shape index (κ1) is 26.8. The molecular weight excluding hydrogens is 496 g/mol. The van der Waals surface area contributed by atoms with Gasteiger partial charge in [-0.1, -0.05) is 6.92 Å². The van der Waals surface area contributed by atoms with Gasteiger partial charge in [0.1, 0.15) is 6.04 Å². The third-order valence-electron chi connectivity index (χ3n) is 7.97. The predicted octanol–water partition coefficient (Wildman–Crippen LogP) is 1.33. The first-order valence-electron chi connectivity index (χ1n) is 13.8. The molecule has 3 fully saturated rings. The highest BCUT2D eigenvalue weighted by molar-refractivity contribution is 6.02. The van der Waals surface area contributed by atoms with Crippen molar-refractivity contribution in [2.24, 2.45) is 5.92 Å². The number of hydrogen-bond donors (Lipinski definition) is 2. The van der Waals surface area contributed by atoms with Crippen LogP contribution in [-0.2, 0) is 9.59 Å². The van der Waals surface area contributed by atoms with E-state index in [1.165, 1.54) is 6.20 Å². The van der Waals surface area contributed by atoms with E-state index in [0.717, 1.165) is 31.9 Å². The highest BCUT2D eigenvalue weighted by Gasteiger charge is 2.51. The Labute approximate surface area is 228 Å². The van der Waals surface area contributed by atoms with Gasteiger partial charge in [0.25, 0.3) is 11.8 Å². The summed E-state index contributed by atoms with van der Waals surface area (Å²) in [5.74, 6) is -0.477. The predicted molar refractivity (Wildman–Crippen MR) is 146 cm³/mol. The Morgan fingerprint density at radius 3 is 2.54 bits per heavy atom. The van der Waals surface area contributed by atoms with Gasteiger partial charge < -0.3 is 25.3 Å². The molecule has 4 heterocycles. The number of rotatable bonds is 8. The van der Waals surface area contributed by atoms with Crippen LogP contribution in [0.1, 0.15) is 46.9 Å². The second-order valence-corrected chi connectivity index (χ2v) is 10.7. The van der Waals surface area contributed by atoms with Gasteiger partial charge in [-0.05, 0) is 55.2 Å². The maximum Gasteiger partial charge on any atom is 0.256 e. The fourth-order valence-electron chi connectivity index (χ4n) is 5.82. The van der Waals surface area contributed by atoms with Gasteiger partial charge in [0.2, 0.25) is 5.91 Å². The Bertz CT molecular complexity index is 1200. The number of likely N-dealkylation sites (tertiary alicyclic amines) is 2. The van der Waals surface area contributed by atoms with E-state index in [0.29, 0.717) is 43.5 Å². The SMILES string of the molecule is CC(CCNC(=O)c1ccc(N2CCNCC2)cc1)CC(=O)N1CCC2C1C(=O)CN2C(=O)c1cccnc1. The fourth-order valence-corrected chi connectivity index (χ4v) is 5.82. The van der Waals surface area contributed by atoms with Crippen LogP contribution >= 0.6 is 0 Å². The molecule has 3 atom stereocenters. The fraction of sp³-hybridized carbons (Fsp3) is 0.483. The zero-order valence-corrected chi connectivity index (χ0v) is 22.3. The van der Waals surface area contributed by atoms with Crippen molar-refractivity contribution in [2.45, 2.75) is 38.3 Å². The van der Waals surface area contributed by atoms with E-state index >= 15 is 0 Å². The molecule has 3 aliphatic rings. The highest BCUT2D eigenvalue weighted by atomic mass is 16.2. The van der Waals surface area contributed by atoms with Crippen LogP contribution in [0.4, 0.5) is 5.69 Å². The number of nitrogens with zero attached hydrogens (tertiary/aromatic N) is 4. The molecule has 3 amide bonds. The van der Waals surface area contributed by atoms with E-state index in [1.807, 2.05) is 31.2 Å². The van der Waals surface area contributed by atoms with E-state index < -0.39 is 6.04 Å². The Balaban J connectivity index is 1.08. The third kappa shape index (κ3) is 5.95. The van der Waals surface area contributed by atoms with Crippen LogP contribution in [0.2, 0.25) is 0 Å². The summed E-state index contributed by atoms with van der Waals surface area (Å²) in [4.78, 5) is 61.1. The molecule has 0 aliphatic carbocycles. The number of anilines is 1. The largest absolute Gasteiger partial charge is 0.369 e. The molecule has 39 heavy (non-hydrogen) atoms. The Morgan fingerprint density at radius 1 is 1.05 bits per heavy atom. The molecule has 0 bridgehead atoms. The Kier molecular flexibility index (Phi) is 8.21. The van der Waals surface area contributed by atoms with Crippen LogP contribution in [0.25, 0.3) is 0 Å². The molecule has 3 aliphatic heterocycles. The van der Waals surface area contributed by atoms with Gasteiger partial charge in [-0.3, -0.25) is 24.2 Å². The van der Waals surface area contributed by atoms with Crippen LogP contribution in [-0.4, -0.2) is 96.2 Å². The van der Waals surface area contributed by atoms with Crippen molar-refractivity contribution in [3.8, 4) is 0 Å². The van der Waals surface area contributed by atoms with Crippen molar-refractivity contribution < 1.29 is 19.2 Å². The van der Waals surface area contributed by atoms with E-state index in [9.17, 15) is 19.2 Å². The highest BCUT2D eigenvalue weighted by Crippen LogP contribution is 2.31. The number of hydrogen-bond acceptors (Lipinski definition) is 7. The van der Waals surface area contributed by atoms with E-state index in [2.05, 4.69) is 20.5 Å². The standard InChI is InChI=1S/C29H36N6O4/c1-20(8-11-32-28(38)21-4-6-23(7-5-21)33-15-12-30-13-16-33)17-26(37)34-14-9-24-27(34)25(36)19-35(24)29(39)22-3-2-10-31-18-22/h2-7,10,18,20,24,27,30H,8-9,11-17,19H2,1H3,(H,32,38). The quantitative estimate of drug-likeness (QED) is 0.527. The number of aromatic nitrogens is 1. The molecule has 5 rings (SSSR count). The van der Waals surface area contributed by atoms with Crippen molar-refractivity contribution in [1.82, 2.24) is 25.4 Å². The van der Waals surface area contributed by atoms with Gasteiger partial charge in [-0.25, -0.2) is 0 Å². The number of amides is 3. The van der Waals surface area contributed by atoms with Crippen molar-refractivity contribution in [2.75, 3.05) is 50.7 Å². The molecule has 1 aromatic carbocycles. The summed E-state index contributed by atoms with van der Waals surface area (Å²) in [6, 6.07) is 10.2. The molecule has 0 spiro atoms. The topological polar surface area (TPSA) is 115 Å². The third-order valence-corrected chi connectivity index (χ3v) is 7.97. The minimum atomic E-state index is -0.575. The maximum atomic E-state index is 13.1. The molecule has 0 saturated carbocycles. The lowest BCUT2D eigenvalue weighted by atomic mass is 10.0. The Hall–Kier alpha value is -3.79. The molecule has 10 nitrogen and oxygen atoms in total. The summed E-state index contributed by atoms with van der Waals surface area (Å²) in [5.41, 5.74) is 2.18. The summed E-state index contributed by atoms with van der Waals surface area (Å²) in [7, 11) is 0. The van der Waals surface area contributed by atoms with E-state index in [4.69, 9.17) is 0 Å². The monoisotopic (exact) mass is 532 g/mol. The molecule has 3 unspecified atom stereocenters. The number of ketones is 1. The molecule has 3 saturated heterocycles. The van der Waals surface area contributed by atoms with Gasteiger partial charge in [-0.15, -0.1) is 0 Å². The molecule has 2 aromatic rings. The molecule has 206 valence electrons. The number of nitrogens with one attached hydrogen (secondary N) is 2. The molecular formula is C29H36N6O4. The molecule has 1 aromatic heterocycles. The average Bonchev–Trinajstić information content (AvgIpc) is 3.55. The first-order valence-corrected chi connectivity index (χ1v) is 13.8. The lowest BCUT2D eigenvalue weighted by Gasteiger charge is -2.29. The van der Waals surface area contributed by atoms with Gasteiger partial charge in [0, 0.05) is 69.3 Å². The zero-order valence-electron chi connectivity index (χ0n) is 22.3. The number of Topliss-reactive ketones (excluding diaryl/α,β-unsaturated/α-hetero) is 1. The smallest absolute Gasteiger partial charge is 0.256 e. The van der Waals surface area contributed by atoms with Crippen molar-refractivity contribution >= 4 is 29.2 Å². The lowest BCUT2D eigenvalue weighted by Crippen LogP contribution is -2.44. The van der Waals surface area contributed by atoms with Crippen molar-refractivity contribution in [3.63, 3.8) is 0 Å². The van der Waals surface area contributed by atoms with Crippen molar-refractivity contribution in [1.29, 1.82) is 0 Å². The average molecular weight is 533 g/mol. The summed E-state index contributed by atoms with van der Waals surface area (Å²) in [6.45, 7) is 6.76. The Morgan fingerprint density at radius 2 is 1.82 bits per heavy atom. The van der Waals surface area contributed by atoms with E-state index in [1.54, 1.807) is 28.1 Å². The van der Waals surface area contributed by atoms with Gasteiger partial charge in [0.15, 0.2) is 5.78 Å². The van der Waals surface area contributed by atoms with Crippen LogP contribution in [0.3, 0.4) is 0 Å². The van der Waals surface area contributed by atoms with Crippen LogP contribution in [0.5, 0.6) is 0 Å². The number of carbonyl (C=O) groups excluding carboxylic acids is 4. The number of fused-ring (bicyclic) bond motifs is 1. The maximum absolute atomic E-state index is 13.1. The second-order valence-electron chi connectivity index (χ2n) is 10.7. The second kappa shape index (κ2) is 11.9. The van der Waals surface area contributed by atoms with E-state index in [-0.39, 0.29) is 42.0 Å². The summed E-state index contributed by atoms with van der Waals surface area (Å²) in [6.07, 6.45) is 4.64.